The van der Waals surface area contributed by atoms with Gasteiger partial charge in [0.2, 0.25) is 10.0 Å². The molecule has 0 saturated carbocycles. The first-order valence-electron chi connectivity index (χ1n) is 9.71. The van der Waals surface area contributed by atoms with E-state index in [9.17, 15) is 16.8 Å². The zero-order valence-electron chi connectivity index (χ0n) is 17.3. The number of hydrogen-bond acceptors (Lipinski definition) is 4. The van der Waals surface area contributed by atoms with E-state index in [1.54, 1.807) is 13.8 Å². The highest BCUT2D eigenvalue weighted by Crippen LogP contribution is 2.27. The number of anilines is 1. The van der Waals surface area contributed by atoms with Crippen LogP contribution in [0.15, 0.2) is 46.2 Å². The number of sulfonamides is 2. The molecule has 1 saturated heterocycles. The van der Waals surface area contributed by atoms with E-state index in [0.717, 1.165) is 18.4 Å². The SMILES string of the molecule is Cc1cc(C)c(S(=O)(=O)Nc2ccc(S(=O)(=O)N3CCCC(C)C3)cc2)c(C)c1. The van der Waals surface area contributed by atoms with E-state index in [-0.39, 0.29) is 9.79 Å². The van der Waals surface area contributed by atoms with E-state index in [1.165, 1.54) is 28.6 Å². The molecule has 1 aliphatic heterocycles. The third kappa shape index (κ3) is 4.65. The van der Waals surface area contributed by atoms with Crippen molar-refractivity contribution < 1.29 is 16.8 Å². The minimum absolute atomic E-state index is 0.178. The van der Waals surface area contributed by atoms with Gasteiger partial charge in [0, 0.05) is 18.8 Å². The molecule has 6 nitrogen and oxygen atoms in total. The Morgan fingerprint density at radius 3 is 2.10 bits per heavy atom. The lowest BCUT2D eigenvalue weighted by molar-refractivity contribution is 0.281. The fraction of sp³-hybridized carbons (Fsp3) is 0.429. The number of piperidine rings is 1. The standard InChI is InChI=1S/C21H28N2O4S2/c1-15-6-5-11-23(14-15)29(26,27)20-9-7-19(8-10-20)22-28(24,25)21-17(3)12-16(2)13-18(21)4/h7-10,12-13,15,22H,5-6,11,14H2,1-4H3. The molecule has 0 aromatic heterocycles. The summed E-state index contributed by atoms with van der Waals surface area (Å²) in [6.45, 7) is 8.55. The number of aryl methyl sites for hydroxylation is 3. The average molecular weight is 437 g/mol. The van der Waals surface area contributed by atoms with Crippen LogP contribution in [0.4, 0.5) is 5.69 Å². The van der Waals surface area contributed by atoms with Crippen molar-refractivity contribution >= 4 is 25.7 Å². The molecule has 1 aliphatic rings. The Labute approximate surface area is 174 Å². The molecule has 0 spiro atoms. The van der Waals surface area contributed by atoms with Gasteiger partial charge < -0.3 is 0 Å². The van der Waals surface area contributed by atoms with E-state index in [4.69, 9.17) is 0 Å². The van der Waals surface area contributed by atoms with Crippen molar-refractivity contribution in [3.8, 4) is 0 Å². The van der Waals surface area contributed by atoms with Crippen molar-refractivity contribution in [2.75, 3.05) is 17.8 Å². The molecule has 1 atom stereocenters. The first kappa shape index (κ1) is 21.8. The van der Waals surface area contributed by atoms with Gasteiger partial charge in [0.25, 0.3) is 10.0 Å². The zero-order valence-corrected chi connectivity index (χ0v) is 18.9. The molecule has 0 bridgehead atoms. The van der Waals surface area contributed by atoms with E-state index >= 15 is 0 Å². The minimum atomic E-state index is -3.78. The topological polar surface area (TPSA) is 83.5 Å². The van der Waals surface area contributed by atoms with Crippen LogP contribution >= 0.6 is 0 Å². The van der Waals surface area contributed by atoms with Gasteiger partial charge in [0.15, 0.2) is 0 Å². The molecule has 1 fully saturated rings. The van der Waals surface area contributed by atoms with Gasteiger partial charge in [-0.05, 0) is 74.9 Å². The molecule has 1 N–H and O–H groups in total. The number of hydrogen-bond donors (Lipinski definition) is 1. The monoisotopic (exact) mass is 436 g/mol. The van der Waals surface area contributed by atoms with Gasteiger partial charge >= 0.3 is 0 Å². The van der Waals surface area contributed by atoms with Crippen LogP contribution in [0.2, 0.25) is 0 Å². The van der Waals surface area contributed by atoms with Crippen molar-refractivity contribution in [3.05, 3.63) is 53.1 Å². The summed E-state index contributed by atoms with van der Waals surface area (Å²) < 4.78 is 55.6. The van der Waals surface area contributed by atoms with Crippen molar-refractivity contribution in [2.45, 2.75) is 50.3 Å². The van der Waals surface area contributed by atoms with Crippen molar-refractivity contribution in [1.29, 1.82) is 0 Å². The highest BCUT2D eigenvalue weighted by molar-refractivity contribution is 7.92. The molecule has 0 aliphatic carbocycles. The molecular weight excluding hydrogens is 408 g/mol. The summed E-state index contributed by atoms with van der Waals surface area (Å²) >= 11 is 0. The van der Waals surface area contributed by atoms with Crippen LogP contribution in [0.25, 0.3) is 0 Å². The van der Waals surface area contributed by atoms with Crippen LogP contribution in [0.5, 0.6) is 0 Å². The molecule has 3 rings (SSSR count). The van der Waals surface area contributed by atoms with Crippen molar-refractivity contribution in [3.63, 3.8) is 0 Å². The molecule has 0 radical (unpaired) electrons. The van der Waals surface area contributed by atoms with Crippen LogP contribution in [0.1, 0.15) is 36.5 Å². The highest BCUT2D eigenvalue weighted by atomic mass is 32.2. The average Bonchev–Trinajstić information content (AvgIpc) is 2.60. The second kappa shape index (κ2) is 8.08. The Hall–Kier alpha value is -1.90. The molecule has 158 valence electrons. The maximum atomic E-state index is 12.9. The fourth-order valence-electron chi connectivity index (χ4n) is 4.01. The summed E-state index contributed by atoms with van der Waals surface area (Å²) in [5.41, 5.74) is 2.68. The van der Waals surface area contributed by atoms with Gasteiger partial charge in [-0.15, -0.1) is 0 Å². The first-order chi connectivity index (χ1) is 13.5. The first-order valence-corrected chi connectivity index (χ1v) is 12.6. The Morgan fingerprint density at radius 1 is 0.966 bits per heavy atom. The lowest BCUT2D eigenvalue weighted by atomic mass is 10.0. The predicted octanol–water partition coefficient (Wildman–Crippen LogP) is 3.83. The molecule has 2 aromatic carbocycles. The van der Waals surface area contributed by atoms with E-state index < -0.39 is 20.0 Å². The molecular formula is C21H28N2O4S2. The Morgan fingerprint density at radius 2 is 1.55 bits per heavy atom. The van der Waals surface area contributed by atoms with E-state index in [2.05, 4.69) is 11.6 Å². The number of nitrogens with zero attached hydrogens (tertiary/aromatic N) is 1. The zero-order chi connectivity index (χ0) is 21.4. The summed E-state index contributed by atoms with van der Waals surface area (Å²) in [6.07, 6.45) is 1.89. The van der Waals surface area contributed by atoms with Crippen LogP contribution in [0.3, 0.4) is 0 Å². The fourth-order valence-corrected chi connectivity index (χ4v) is 7.12. The molecule has 2 aromatic rings. The summed E-state index contributed by atoms with van der Waals surface area (Å²) in [5.74, 6) is 0.339. The van der Waals surface area contributed by atoms with Crippen molar-refractivity contribution in [2.24, 2.45) is 5.92 Å². The lowest BCUT2D eigenvalue weighted by Gasteiger charge is -2.30. The largest absolute Gasteiger partial charge is 0.280 e. The van der Waals surface area contributed by atoms with Gasteiger partial charge in [-0.2, -0.15) is 4.31 Å². The quantitative estimate of drug-likeness (QED) is 0.772. The summed E-state index contributed by atoms with van der Waals surface area (Å²) in [7, 11) is -7.35. The Bertz CT molecular complexity index is 1080. The summed E-state index contributed by atoms with van der Waals surface area (Å²) in [6, 6.07) is 9.57. The van der Waals surface area contributed by atoms with Gasteiger partial charge in [0.05, 0.1) is 9.79 Å². The third-order valence-corrected chi connectivity index (χ3v) is 8.80. The maximum Gasteiger partial charge on any atom is 0.262 e. The second-order valence-electron chi connectivity index (χ2n) is 7.97. The van der Waals surface area contributed by atoms with Crippen LogP contribution in [-0.2, 0) is 20.0 Å². The van der Waals surface area contributed by atoms with Gasteiger partial charge in [-0.1, -0.05) is 24.6 Å². The maximum absolute atomic E-state index is 12.9. The van der Waals surface area contributed by atoms with E-state index in [1.807, 2.05) is 19.1 Å². The smallest absolute Gasteiger partial charge is 0.262 e. The summed E-state index contributed by atoms with van der Waals surface area (Å²) in [5, 5.41) is 0. The highest BCUT2D eigenvalue weighted by Gasteiger charge is 2.28. The van der Waals surface area contributed by atoms with E-state index in [0.29, 0.717) is 35.8 Å². The molecule has 29 heavy (non-hydrogen) atoms. The minimum Gasteiger partial charge on any atom is -0.280 e. The second-order valence-corrected chi connectivity index (χ2v) is 11.5. The molecule has 8 heteroatoms. The summed E-state index contributed by atoms with van der Waals surface area (Å²) in [4.78, 5) is 0.430. The van der Waals surface area contributed by atoms with Crippen LogP contribution < -0.4 is 4.72 Å². The molecule has 1 heterocycles. The number of rotatable bonds is 5. The van der Waals surface area contributed by atoms with Gasteiger partial charge in [0.1, 0.15) is 0 Å². The van der Waals surface area contributed by atoms with Gasteiger partial charge in [-0.3, -0.25) is 4.72 Å². The van der Waals surface area contributed by atoms with Crippen molar-refractivity contribution in [1.82, 2.24) is 4.31 Å². The van der Waals surface area contributed by atoms with Gasteiger partial charge in [-0.25, -0.2) is 16.8 Å². The Kier molecular flexibility index (Phi) is 6.08. The normalized spacial score (nSPS) is 18.6. The number of nitrogens with one attached hydrogen (secondary N) is 1. The number of benzene rings is 2. The van der Waals surface area contributed by atoms with Crippen LogP contribution in [0, 0.1) is 26.7 Å². The van der Waals surface area contributed by atoms with Crippen LogP contribution in [-0.4, -0.2) is 34.2 Å². The predicted molar refractivity (Wildman–Crippen MR) is 115 cm³/mol. The Balaban J connectivity index is 1.84. The molecule has 0 amide bonds. The lowest BCUT2D eigenvalue weighted by Crippen LogP contribution is -2.39. The third-order valence-electron chi connectivity index (χ3n) is 5.24. The molecule has 1 unspecified atom stereocenters.